The maximum absolute atomic E-state index is 4.20. The third-order valence-electron chi connectivity index (χ3n) is 3.31. The minimum absolute atomic E-state index is 0.916. The Kier molecular flexibility index (Phi) is 2.24. The Hall–Kier alpha value is -1.64. The van der Waals surface area contributed by atoms with E-state index in [0.29, 0.717) is 0 Å². The molecule has 1 heterocycles. The molecule has 0 unspecified atom stereocenters. The van der Waals surface area contributed by atoms with Crippen molar-refractivity contribution in [3.8, 4) is 11.4 Å². The van der Waals surface area contributed by atoms with Crippen LogP contribution >= 0.6 is 0 Å². The summed E-state index contributed by atoms with van der Waals surface area (Å²) in [7, 11) is 0. The normalized spacial score (nSPS) is 14.1. The van der Waals surface area contributed by atoms with Crippen LogP contribution in [0.3, 0.4) is 0 Å². The van der Waals surface area contributed by atoms with Crippen LogP contribution in [0.25, 0.3) is 11.4 Å². The summed E-state index contributed by atoms with van der Waals surface area (Å²) in [4.78, 5) is 0. The van der Waals surface area contributed by atoms with E-state index in [-0.39, 0.29) is 0 Å². The molecule has 82 valence electrons. The van der Waals surface area contributed by atoms with Gasteiger partial charge in [0, 0.05) is 12.1 Å². The fourth-order valence-electron chi connectivity index (χ4n) is 2.42. The molecule has 1 aliphatic rings. The largest absolute Gasteiger partial charge is 0.314 e. The quantitative estimate of drug-likeness (QED) is 0.767. The molecule has 0 saturated heterocycles. The topological polar surface area (TPSA) is 30.7 Å². The monoisotopic (exact) mass is 213 g/mol. The van der Waals surface area contributed by atoms with Gasteiger partial charge in [-0.1, -0.05) is 12.1 Å². The molecular weight excluding hydrogens is 198 g/mol. The van der Waals surface area contributed by atoms with E-state index in [4.69, 9.17) is 0 Å². The Balaban J connectivity index is 2.07. The molecule has 0 aliphatic heterocycles. The predicted octanol–water partition coefficient (Wildman–Crippen LogP) is 2.45. The van der Waals surface area contributed by atoms with Gasteiger partial charge in [0.2, 0.25) is 0 Å². The lowest BCUT2D eigenvalue weighted by Gasteiger charge is -2.05. The number of hydrogen-bond donors (Lipinski definition) is 0. The Bertz CT molecular complexity index is 514. The van der Waals surface area contributed by atoms with E-state index < -0.39 is 0 Å². The van der Waals surface area contributed by atoms with Gasteiger partial charge in [0.1, 0.15) is 6.33 Å². The van der Waals surface area contributed by atoms with Crippen molar-refractivity contribution in [3.05, 3.63) is 35.7 Å². The summed E-state index contributed by atoms with van der Waals surface area (Å²) in [6, 6.07) is 6.69. The van der Waals surface area contributed by atoms with Crippen molar-refractivity contribution in [3.63, 3.8) is 0 Å². The van der Waals surface area contributed by atoms with E-state index in [1.54, 1.807) is 6.33 Å². The maximum atomic E-state index is 4.20. The van der Waals surface area contributed by atoms with Crippen LogP contribution in [0.2, 0.25) is 0 Å². The molecule has 1 aromatic heterocycles. The van der Waals surface area contributed by atoms with Crippen molar-refractivity contribution >= 4 is 0 Å². The summed E-state index contributed by atoms with van der Waals surface area (Å²) in [5.74, 6) is 0.984. The highest BCUT2D eigenvalue weighted by atomic mass is 15.3. The van der Waals surface area contributed by atoms with Crippen LogP contribution in [0.1, 0.15) is 24.5 Å². The summed E-state index contributed by atoms with van der Waals surface area (Å²) >= 11 is 0. The molecule has 0 amide bonds. The summed E-state index contributed by atoms with van der Waals surface area (Å²) in [6.45, 7) is 3.03. The van der Waals surface area contributed by atoms with E-state index in [1.165, 1.54) is 36.0 Å². The van der Waals surface area contributed by atoms with Crippen LogP contribution in [0.15, 0.2) is 24.5 Å². The standard InChI is InChI=1S/C13H15N3/c1-2-16-9-14-15-13(16)12-7-6-10-4-3-5-11(10)8-12/h6-9H,2-5H2,1H3. The number of nitrogens with zero attached hydrogens (tertiary/aromatic N) is 3. The summed E-state index contributed by atoms with van der Waals surface area (Å²) in [5.41, 5.74) is 4.19. The number of rotatable bonds is 2. The van der Waals surface area contributed by atoms with Crippen LogP contribution in [0.5, 0.6) is 0 Å². The molecule has 3 nitrogen and oxygen atoms in total. The average molecular weight is 213 g/mol. The van der Waals surface area contributed by atoms with Crippen LogP contribution in [-0.2, 0) is 19.4 Å². The molecule has 0 atom stereocenters. The van der Waals surface area contributed by atoms with Crippen molar-refractivity contribution in [1.29, 1.82) is 0 Å². The Morgan fingerprint density at radius 3 is 3.00 bits per heavy atom. The van der Waals surface area contributed by atoms with Crippen molar-refractivity contribution in [2.24, 2.45) is 0 Å². The van der Waals surface area contributed by atoms with Gasteiger partial charge >= 0.3 is 0 Å². The van der Waals surface area contributed by atoms with Gasteiger partial charge in [0.25, 0.3) is 0 Å². The molecule has 0 bridgehead atoms. The molecule has 0 saturated carbocycles. The summed E-state index contributed by atoms with van der Waals surface area (Å²) in [5, 5.41) is 8.17. The van der Waals surface area contributed by atoms with E-state index >= 15 is 0 Å². The van der Waals surface area contributed by atoms with E-state index in [0.717, 1.165) is 12.4 Å². The second-order valence-corrected chi connectivity index (χ2v) is 4.28. The molecule has 3 heteroatoms. The van der Waals surface area contributed by atoms with Crippen LogP contribution in [-0.4, -0.2) is 14.8 Å². The third-order valence-corrected chi connectivity index (χ3v) is 3.31. The molecule has 3 rings (SSSR count). The van der Waals surface area contributed by atoms with Crippen molar-refractivity contribution in [1.82, 2.24) is 14.8 Å². The lowest BCUT2D eigenvalue weighted by molar-refractivity contribution is 0.767. The average Bonchev–Trinajstić information content (AvgIpc) is 2.96. The lowest BCUT2D eigenvalue weighted by atomic mass is 10.1. The van der Waals surface area contributed by atoms with E-state index in [2.05, 4.69) is 39.9 Å². The second-order valence-electron chi connectivity index (χ2n) is 4.28. The minimum atomic E-state index is 0.916. The highest BCUT2D eigenvalue weighted by Gasteiger charge is 2.13. The number of benzene rings is 1. The number of hydrogen-bond acceptors (Lipinski definition) is 2. The maximum Gasteiger partial charge on any atom is 0.163 e. The SMILES string of the molecule is CCn1cnnc1-c1ccc2c(c1)CCC2. The molecular formula is C13H15N3. The summed E-state index contributed by atoms with van der Waals surface area (Å²) in [6.07, 6.45) is 5.53. The summed E-state index contributed by atoms with van der Waals surface area (Å²) < 4.78 is 2.08. The second kappa shape index (κ2) is 3.74. The zero-order chi connectivity index (χ0) is 11.0. The Labute approximate surface area is 95.1 Å². The zero-order valence-corrected chi connectivity index (χ0v) is 9.48. The fourth-order valence-corrected chi connectivity index (χ4v) is 2.42. The zero-order valence-electron chi connectivity index (χ0n) is 9.48. The number of fused-ring (bicyclic) bond motifs is 1. The molecule has 16 heavy (non-hydrogen) atoms. The first-order chi connectivity index (χ1) is 7.88. The first-order valence-corrected chi connectivity index (χ1v) is 5.88. The van der Waals surface area contributed by atoms with Gasteiger partial charge < -0.3 is 4.57 Å². The molecule has 0 fully saturated rings. The smallest absolute Gasteiger partial charge is 0.163 e. The molecule has 1 aliphatic carbocycles. The Morgan fingerprint density at radius 2 is 2.12 bits per heavy atom. The third kappa shape index (κ3) is 1.43. The van der Waals surface area contributed by atoms with Crippen molar-refractivity contribution < 1.29 is 0 Å². The van der Waals surface area contributed by atoms with E-state index in [9.17, 15) is 0 Å². The molecule has 1 aromatic carbocycles. The fraction of sp³-hybridized carbons (Fsp3) is 0.385. The highest BCUT2D eigenvalue weighted by molar-refractivity contribution is 5.58. The first-order valence-electron chi connectivity index (χ1n) is 5.88. The highest BCUT2D eigenvalue weighted by Crippen LogP contribution is 2.26. The molecule has 0 spiro atoms. The minimum Gasteiger partial charge on any atom is -0.314 e. The van der Waals surface area contributed by atoms with Gasteiger partial charge in [-0.05, 0) is 43.4 Å². The van der Waals surface area contributed by atoms with Crippen LogP contribution in [0.4, 0.5) is 0 Å². The molecule has 2 aromatic rings. The van der Waals surface area contributed by atoms with Gasteiger partial charge in [0.05, 0.1) is 0 Å². The lowest BCUT2D eigenvalue weighted by Crippen LogP contribution is -1.96. The first kappa shape index (κ1) is 9.58. The van der Waals surface area contributed by atoms with Crippen molar-refractivity contribution in [2.75, 3.05) is 0 Å². The number of aromatic nitrogens is 3. The molecule has 0 N–H and O–H groups in total. The Morgan fingerprint density at radius 1 is 1.25 bits per heavy atom. The van der Waals surface area contributed by atoms with Crippen molar-refractivity contribution in [2.45, 2.75) is 32.7 Å². The van der Waals surface area contributed by atoms with Gasteiger partial charge in [-0.15, -0.1) is 10.2 Å². The van der Waals surface area contributed by atoms with E-state index in [1.807, 2.05) is 0 Å². The molecule has 0 radical (unpaired) electrons. The van der Waals surface area contributed by atoms with Crippen LogP contribution in [0, 0.1) is 0 Å². The van der Waals surface area contributed by atoms with Gasteiger partial charge in [-0.25, -0.2) is 0 Å². The van der Waals surface area contributed by atoms with Gasteiger partial charge in [-0.2, -0.15) is 0 Å². The van der Waals surface area contributed by atoms with Gasteiger partial charge in [0.15, 0.2) is 5.82 Å². The number of aryl methyl sites for hydroxylation is 3. The van der Waals surface area contributed by atoms with Crippen LogP contribution < -0.4 is 0 Å². The predicted molar refractivity (Wildman–Crippen MR) is 63.2 cm³/mol. The van der Waals surface area contributed by atoms with Gasteiger partial charge in [-0.3, -0.25) is 0 Å².